The van der Waals surface area contributed by atoms with Crippen LogP contribution >= 0.6 is 0 Å². The van der Waals surface area contributed by atoms with Gasteiger partial charge >= 0.3 is 12.1 Å². The maximum Gasteiger partial charge on any atom is 0.407 e. The average molecular weight is 516 g/mol. The summed E-state index contributed by atoms with van der Waals surface area (Å²) in [5.74, 6) is 0.847. The van der Waals surface area contributed by atoms with Crippen molar-refractivity contribution >= 4 is 17.8 Å². The zero-order chi connectivity index (χ0) is 26.7. The highest BCUT2D eigenvalue weighted by molar-refractivity contribution is 5.83. The number of rotatable bonds is 12. The number of ketones is 1. The van der Waals surface area contributed by atoms with E-state index in [4.69, 9.17) is 14.2 Å². The summed E-state index contributed by atoms with van der Waals surface area (Å²) < 4.78 is 16.4. The number of alkyl carbamates (subject to hydrolysis) is 1. The molecule has 2 aliphatic rings. The Balaban J connectivity index is 1.37. The van der Waals surface area contributed by atoms with E-state index in [9.17, 15) is 14.4 Å². The molecule has 0 radical (unpaired) electrons. The molecule has 2 unspecified atom stereocenters. The minimum atomic E-state index is -0.453. The Hall–Kier alpha value is -2.57. The average Bonchev–Trinajstić information content (AvgIpc) is 2.84. The van der Waals surface area contributed by atoms with Crippen LogP contribution in [0.2, 0.25) is 0 Å². The number of nitrogens with one attached hydrogen (secondary N) is 1. The molecule has 1 aromatic carbocycles. The number of ether oxygens (including phenoxy) is 3. The quantitative estimate of drug-likeness (QED) is 0.262. The molecule has 0 spiro atoms. The molecule has 0 heterocycles. The van der Waals surface area contributed by atoms with E-state index in [0.717, 1.165) is 50.7 Å². The van der Waals surface area contributed by atoms with Gasteiger partial charge in [0.2, 0.25) is 0 Å². The van der Waals surface area contributed by atoms with Crippen molar-refractivity contribution in [2.45, 2.75) is 97.5 Å². The third-order valence-electron chi connectivity index (χ3n) is 7.49. The molecule has 3 rings (SSSR count). The number of carbonyl (C=O) groups excluding carboxylic acids is 3. The monoisotopic (exact) mass is 515 g/mol. The number of esters is 1. The second kappa shape index (κ2) is 13.8. The topological polar surface area (TPSA) is 90.9 Å². The standard InChI is InChI=1S/C30H45NO6/c1-29(2)19-23(18-24(32)14-15-27(33)37-26-12-8-5-9-13-26)20-30(3,21-29)22-31-28(34)36-17-16-35-25-10-6-4-7-11-25/h4,6-7,10-11,23,26H,5,8-9,12-22H2,1-3H3,(H,31,34). The minimum absolute atomic E-state index is 0.0341. The van der Waals surface area contributed by atoms with Gasteiger partial charge in [0, 0.05) is 19.4 Å². The van der Waals surface area contributed by atoms with Crippen LogP contribution in [0.15, 0.2) is 30.3 Å². The minimum Gasteiger partial charge on any atom is -0.490 e. The van der Waals surface area contributed by atoms with Gasteiger partial charge in [-0.05, 0) is 73.8 Å². The Morgan fingerprint density at radius 1 is 0.946 bits per heavy atom. The van der Waals surface area contributed by atoms with E-state index in [1.165, 1.54) is 6.42 Å². The predicted molar refractivity (Wildman–Crippen MR) is 142 cm³/mol. The molecular formula is C30H45NO6. The van der Waals surface area contributed by atoms with Gasteiger partial charge in [0.1, 0.15) is 30.9 Å². The molecule has 0 aromatic heterocycles. The van der Waals surface area contributed by atoms with Crippen molar-refractivity contribution in [1.29, 1.82) is 0 Å². The Morgan fingerprint density at radius 3 is 2.41 bits per heavy atom. The highest BCUT2D eigenvalue weighted by atomic mass is 16.6. The van der Waals surface area contributed by atoms with Gasteiger partial charge in [0.05, 0.1) is 6.42 Å². The van der Waals surface area contributed by atoms with E-state index in [1.807, 2.05) is 30.3 Å². The lowest BCUT2D eigenvalue weighted by Gasteiger charge is -2.46. The summed E-state index contributed by atoms with van der Waals surface area (Å²) in [4.78, 5) is 37.2. The van der Waals surface area contributed by atoms with E-state index in [1.54, 1.807) is 0 Å². The molecule has 0 bridgehead atoms. The molecule has 2 saturated carbocycles. The van der Waals surface area contributed by atoms with Crippen molar-refractivity contribution in [1.82, 2.24) is 5.32 Å². The van der Waals surface area contributed by atoms with Crippen molar-refractivity contribution in [2.24, 2.45) is 16.7 Å². The molecule has 2 fully saturated rings. The van der Waals surface area contributed by atoms with E-state index >= 15 is 0 Å². The van der Waals surface area contributed by atoms with Crippen molar-refractivity contribution < 1.29 is 28.6 Å². The number of Topliss-reactive ketones (excluding diaryl/α,β-unsaturated/α-hetero) is 1. The van der Waals surface area contributed by atoms with Crippen molar-refractivity contribution in [3.05, 3.63) is 30.3 Å². The fraction of sp³-hybridized carbons (Fsp3) is 0.700. The van der Waals surface area contributed by atoms with E-state index < -0.39 is 6.09 Å². The molecular weight excluding hydrogens is 470 g/mol. The van der Waals surface area contributed by atoms with Crippen LogP contribution < -0.4 is 10.1 Å². The first kappa shape index (κ1) is 29.0. The first-order chi connectivity index (χ1) is 17.6. The fourth-order valence-electron chi connectivity index (χ4n) is 6.37. The SMILES string of the molecule is CC1(C)CC(CC(=O)CCC(=O)OC2CCCCC2)CC(C)(CNC(=O)OCCOc2ccccc2)C1. The lowest BCUT2D eigenvalue weighted by atomic mass is 9.60. The summed E-state index contributed by atoms with van der Waals surface area (Å²) in [7, 11) is 0. The number of para-hydroxylation sites is 1. The van der Waals surface area contributed by atoms with Gasteiger partial charge in [-0.25, -0.2) is 4.79 Å². The van der Waals surface area contributed by atoms with Crippen LogP contribution in [-0.2, 0) is 19.1 Å². The largest absolute Gasteiger partial charge is 0.490 e. The molecule has 0 aliphatic heterocycles. The molecule has 2 aliphatic carbocycles. The molecule has 7 nitrogen and oxygen atoms in total. The Bertz CT molecular complexity index is 879. The summed E-state index contributed by atoms with van der Waals surface area (Å²) in [6.45, 7) is 7.58. The maximum atomic E-state index is 12.7. The van der Waals surface area contributed by atoms with Gasteiger partial charge in [-0.3, -0.25) is 9.59 Å². The first-order valence-corrected chi connectivity index (χ1v) is 13.9. The number of amides is 1. The summed E-state index contributed by atoms with van der Waals surface area (Å²) in [6, 6.07) is 9.41. The summed E-state index contributed by atoms with van der Waals surface area (Å²) in [5.41, 5.74) is -0.0703. The van der Waals surface area contributed by atoms with Gasteiger partial charge in [-0.2, -0.15) is 0 Å². The molecule has 7 heteroatoms. The van der Waals surface area contributed by atoms with E-state index in [2.05, 4.69) is 26.1 Å². The molecule has 37 heavy (non-hydrogen) atoms. The Kier molecular flexibility index (Phi) is 10.8. The smallest absolute Gasteiger partial charge is 0.407 e. The van der Waals surface area contributed by atoms with Gasteiger partial charge in [0.15, 0.2) is 0 Å². The second-order valence-electron chi connectivity index (χ2n) is 12.1. The lowest BCUT2D eigenvalue weighted by molar-refractivity contribution is -0.151. The third kappa shape index (κ3) is 10.7. The fourth-order valence-corrected chi connectivity index (χ4v) is 6.37. The predicted octanol–water partition coefficient (Wildman–Crippen LogP) is 6.24. The van der Waals surface area contributed by atoms with Crippen molar-refractivity contribution in [2.75, 3.05) is 19.8 Å². The molecule has 206 valence electrons. The van der Waals surface area contributed by atoms with Crippen LogP contribution in [0.4, 0.5) is 4.79 Å². The Morgan fingerprint density at radius 2 is 1.68 bits per heavy atom. The van der Waals surface area contributed by atoms with Crippen LogP contribution in [0, 0.1) is 16.7 Å². The number of carbonyl (C=O) groups is 3. The number of hydrogen-bond donors (Lipinski definition) is 1. The van der Waals surface area contributed by atoms with Gasteiger partial charge in [-0.15, -0.1) is 0 Å². The van der Waals surface area contributed by atoms with Crippen LogP contribution in [0.25, 0.3) is 0 Å². The second-order valence-corrected chi connectivity index (χ2v) is 12.1. The molecule has 2 atom stereocenters. The zero-order valence-corrected chi connectivity index (χ0v) is 22.9. The molecule has 1 aromatic rings. The number of hydrogen-bond acceptors (Lipinski definition) is 6. The summed E-state index contributed by atoms with van der Waals surface area (Å²) in [5, 5.41) is 2.92. The Labute approximate surface area is 222 Å². The van der Waals surface area contributed by atoms with Gasteiger partial charge < -0.3 is 19.5 Å². The van der Waals surface area contributed by atoms with Crippen LogP contribution in [0.3, 0.4) is 0 Å². The van der Waals surface area contributed by atoms with Crippen molar-refractivity contribution in [3.63, 3.8) is 0 Å². The zero-order valence-electron chi connectivity index (χ0n) is 22.9. The molecule has 1 amide bonds. The van der Waals surface area contributed by atoms with Crippen LogP contribution in [0.5, 0.6) is 5.75 Å². The molecule has 0 saturated heterocycles. The maximum absolute atomic E-state index is 12.7. The molecule has 1 N–H and O–H groups in total. The normalized spacial score (nSPS) is 23.6. The third-order valence-corrected chi connectivity index (χ3v) is 7.49. The van der Waals surface area contributed by atoms with Crippen LogP contribution in [-0.4, -0.2) is 43.7 Å². The van der Waals surface area contributed by atoms with E-state index in [0.29, 0.717) is 19.6 Å². The lowest BCUT2D eigenvalue weighted by Crippen LogP contribution is -2.44. The van der Waals surface area contributed by atoms with E-state index in [-0.39, 0.29) is 54.1 Å². The highest BCUT2D eigenvalue weighted by Crippen LogP contribution is 2.49. The highest BCUT2D eigenvalue weighted by Gasteiger charge is 2.41. The summed E-state index contributed by atoms with van der Waals surface area (Å²) in [6.07, 6.45) is 8.56. The first-order valence-electron chi connectivity index (χ1n) is 13.9. The van der Waals surface area contributed by atoms with Crippen molar-refractivity contribution in [3.8, 4) is 5.75 Å². The summed E-state index contributed by atoms with van der Waals surface area (Å²) >= 11 is 0. The van der Waals surface area contributed by atoms with Gasteiger partial charge in [-0.1, -0.05) is 45.4 Å². The van der Waals surface area contributed by atoms with Crippen LogP contribution in [0.1, 0.15) is 91.4 Å². The number of benzene rings is 1. The van der Waals surface area contributed by atoms with Gasteiger partial charge in [0.25, 0.3) is 0 Å².